The minimum Gasteiger partial charge on any atom is -0.473 e. The molecule has 2 N–H and O–H groups in total. The Morgan fingerprint density at radius 3 is 2.63 bits per heavy atom. The fourth-order valence-electron chi connectivity index (χ4n) is 8.53. The summed E-state index contributed by atoms with van der Waals surface area (Å²) < 4.78 is 43.4. The first-order valence-electron chi connectivity index (χ1n) is 18.4. The predicted octanol–water partition coefficient (Wildman–Crippen LogP) is 7.51. The van der Waals surface area contributed by atoms with Gasteiger partial charge in [0.15, 0.2) is 0 Å². The smallest absolute Gasteiger partial charge is 0.255 e. The predicted molar refractivity (Wildman–Crippen MR) is 201 cm³/mol. The molecule has 0 bridgehead atoms. The molecule has 3 aromatic carbocycles. The van der Waals surface area contributed by atoms with E-state index in [0.29, 0.717) is 46.5 Å². The molecule has 2 spiro atoms. The molecule has 1 radical (unpaired) electrons. The number of nitrogens with zero attached hydrogens (tertiary/aromatic N) is 4. The van der Waals surface area contributed by atoms with Crippen LogP contribution in [0.4, 0.5) is 26.0 Å². The SMILES string of the molecule is O=C(Nc1ccc2c(c1)nc(C1CC13CCN(c1cccc(OCc4ccc(Cl)cc4F)n1)CC3)n2C[Si]1CCO1)c1cc(F)c2c(c1)C1(CC1)C(=O)N2. The van der Waals surface area contributed by atoms with Gasteiger partial charge in [-0.3, -0.25) is 9.59 Å². The number of rotatable bonds is 9. The second kappa shape index (κ2) is 12.6. The van der Waals surface area contributed by atoms with Gasteiger partial charge < -0.3 is 29.3 Å². The maximum absolute atomic E-state index is 15.0. The number of imidazole rings is 1. The number of anilines is 3. The van der Waals surface area contributed by atoms with Crippen LogP contribution in [0.3, 0.4) is 0 Å². The maximum Gasteiger partial charge on any atom is 0.255 e. The van der Waals surface area contributed by atoms with Crippen molar-refractivity contribution in [3.63, 3.8) is 0 Å². The molecule has 3 aliphatic heterocycles. The molecule has 14 heteroatoms. The molecule has 5 aliphatic rings. The van der Waals surface area contributed by atoms with Crippen LogP contribution in [-0.4, -0.2) is 55.1 Å². The number of benzene rings is 3. The monoisotopic (exact) mass is 765 g/mol. The Morgan fingerprint density at radius 1 is 1.04 bits per heavy atom. The number of halogens is 3. The lowest BCUT2D eigenvalue weighted by molar-refractivity contribution is -0.117. The zero-order valence-corrected chi connectivity index (χ0v) is 31.0. The molecule has 275 valence electrons. The first-order chi connectivity index (χ1) is 26.2. The molecule has 5 aromatic rings. The lowest BCUT2D eigenvalue weighted by Gasteiger charge is -2.34. The normalized spacial score (nSPS) is 20.5. The van der Waals surface area contributed by atoms with Crippen molar-refractivity contribution in [3.05, 3.63) is 106 Å². The number of ether oxygens (including phenoxy) is 1. The fourth-order valence-corrected chi connectivity index (χ4v) is 10.1. The highest BCUT2D eigenvalue weighted by atomic mass is 35.5. The Morgan fingerprint density at radius 2 is 1.87 bits per heavy atom. The number of hydrogen-bond donors (Lipinski definition) is 2. The Bertz CT molecular complexity index is 2370. The second-order valence-corrected chi connectivity index (χ2v) is 17.9. The van der Waals surface area contributed by atoms with Crippen molar-refractivity contribution in [1.82, 2.24) is 14.5 Å². The van der Waals surface area contributed by atoms with Crippen molar-refractivity contribution in [1.29, 1.82) is 0 Å². The van der Waals surface area contributed by atoms with E-state index in [2.05, 4.69) is 20.1 Å². The fraction of sp³-hybridized carbons (Fsp3) is 0.350. The average Bonchev–Trinajstić information content (AvgIpc) is 4.03. The van der Waals surface area contributed by atoms with Crippen LogP contribution in [0.25, 0.3) is 11.0 Å². The molecule has 54 heavy (non-hydrogen) atoms. The number of fused-ring (bicyclic) bond motifs is 3. The van der Waals surface area contributed by atoms with Gasteiger partial charge in [-0.25, -0.2) is 13.8 Å². The summed E-state index contributed by atoms with van der Waals surface area (Å²) in [6.45, 7) is 2.57. The molecule has 2 saturated heterocycles. The third kappa shape index (κ3) is 5.75. The third-order valence-electron chi connectivity index (χ3n) is 12.0. The highest BCUT2D eigenvalue weighted by Gasteiger charge is 2.58. The van der Waals surface area contributed by atoms with Gasteiger partial charge in [-0.15, -0.1) is 0 Å². The lowest BCUT2D eigenvalue weighted by Crippen LogP contribution is -2.37. The molecular formula is C40H36ClF2N6O4Si. The van der Waals surface area contributed by atoms with Crippen molar-refractivity contribution < 1.29 is 27.5 Å². The zero-order chi connectivity index (χ0) is 36.8. The largest absolute Gasteiger partial charge is 0.473 e. The quantitative estimate of drug-likeness (QED) is 0.150. The number of piperidine rings is 1. The van der Waals surface area contributed by atoms with Gasteiger partial charge in [0.05, 0.1) is 22.1 Å². The second-order valence-electron chi connectivity index (χ2n) is 15.2. The minimum atomic E-state index is -0.953. The van der Waals surface area contributed by atoms with E-state index in [-0.39, 0.29) is 29.2 Å². The minimum absolute atomic E-state index is 0.0589. The van der Waals surface area contributed by atoms with Gasteiger partial charge in [0.2, 0.25) is 20.8 Å². The number of pyridine rings is 1. The molecule has 4 fully saturated rings. The van der Waals surface area contributed by atoms with Gasteiger partial charge in [-0.05, 0) is 97.7 Å². The van der Waals surface area contributed by atoms with Crippen molar-refractivity contribution in [3.8, 4) is 5.88 Å². The number of carbonyl (C=O) groups is 2. The molecule has 1 unspecified atom stereocenters. The summed E-state index contributed by atoms with van der Waals surface area (Å²) in [5.74, 6) is 1.03. The average molecular weight is 766 g/mol. The molecule has 2 aliphatic carbocycles. The molecule has 2 saturated carbocycles. The van der Waals surface area contributed by atoms with Gasteiger partial charge in [-0.1, -0.05) is 23.7 Å². The molecule has 2 aromatic heterocycles. The Labute approximate surface area is 316 Å². The van der Waals surface area contributed by atoms with E-state index in [0.717, 1.165) is 73.8 Å². The number of hydrogen-bond acceptors (Lipinski definition) is 7. The molecule has 2 amide bonds. The summed E-state index contributed by atoms with van der Waals surface area (Å²) in [7, 11) is -0.953. The standard InChI is InChI=1S/C40H36ClF2N6O4Si/c41-25-5-4-23(29(42)18-25)21-52-34-3-1-2-33(46-34)48-12-10-39(11-13-48)20-28(39)36-45-31-19-26(6-7-32(31)49(36)22-54-15-14-53-54)44-37(50)24-16-27-35(30(43)17-24)47-38(51)40(27)8-9-40/h1-7,16-19,28H,8-15,20-22H2,(H,44,50)(H,47,51). The van der Waals surface area contributed by atoms with Crippen LogP contribution in [0, 0.1) is 17.0 Å². The summed E-state index contributed by atoms with van der Waals surface area (Å²) in [5, 5.41) is 5.95. The first kappa shape index (κ1) is 33.7. The summed E-state index contributed by atoms with van der Waals surface area (Å²) in [6.07, 6.45) is 5.19. The topological polar surface area (TPSA) is 111 Å². The molecule has 1 atom stereocenters. The van der Waals surface area contributed by atoms with Crippen molar-refractivity contribution in [2.45, 2.75) is 62.3 Å². The lowest BCUT2D eigenvalue weighted by atomic mass is 9.90. The van der Waals surface area contributed by atoms with Gasteiger partial charge >= 0.3 is 0 Å². The van der Waals surface area contributed by atoms with Crippen LogP contribution in [0.5, 0.6) is 5.88 Å². The van der Waals surface area contributed by atoms with Gasteiger partial charge in [0, 0.05) is 59.7 Å². The van der Waals surface area contributed by atoms with Crippen molar-refractivity contribution in [2.75, 3.05) is 35.2 Å². The van der Waals surface area contributed by atoms with Gasteiger partial charge in [-0.2, -0.15) is 4.98 Å². The Balaban J connectivity index is 0.844. The van der Waals surface area contributed by atoms with Crippen LogP contribution >= 0.6 is 11.6 Å². The third-order valence-corrected chi connectivity index (χ3v) is 14.3. The van der Waals surface area contributed by atoms with E-state index >= 15 is 4.39 Å². The maximum atomic E-state index is 15.0. The van der Waals surface area contributed by atoms with E-state index in [4.69, 9.17) is 30.7 Å². The number of amides is 2. The van der Waals surface area contributed by atoms with Crippen LogP contribution < -0.4 is 20.3 Å². The number of aromatic nitrogens is 3. The zero-order valence-electron chi connectivity index (χ0n) is 29.3. The Hall–Kier alpha value is -4.85. The van der Waals surface area contributed by atoms with Crippen LogP contribution in [-0.2, 0) is 27.4 Å². The van der Waals surface area contributed by atoms with Crippen molar-refractivity contribution in [2.24, 2.45) is 5.41 Å². The van der Waals surface area contributed by atoms with E-state index in [9.17, 15) is 14.0 Å². The number of carbonyl (C=O) groups excluding carboxylic acids is 2. The Kier molecular flexibility index (Phi) is 7.86. The summed E-state index contributed by atoms with van der Waals surface area (Å²) in [4.78, 5) is 38.1. The van der Waals surface area contributed by atoms with E-state index in [1.165, 1.54) is 12.1 Å². The summed E-state index contributed by atoms with van der Waals surface area (Å²) >= 11 is 5.89. The molecule has 10 rings (SSSR count). The van der Waals surface area contributed by atoms with E-state index in [1.807, 2.05) is 30.3 Å². The van der Waals surface area contributed by atoms with Gasteiger partial charge in [0.1, 0.15) is 29.9 Å². The van der Waals surface area contributed by atoms with Crippen molar-refractivity contribution >= 4 is 60.7 Å². The van der Waals surface area contributed by atoms with Crippen LogP contribution in [0.1, 0.15) is 65.3 Å². The van der Waals surface area contributed by atoms with Gasteiger partial charge in [0.25, 0.3) is 5.91 Å². The molecule has 10 nitrogen and oxygen atoms in total. The van der Waals surface area contributed by atoms with Crippen LogP contribution in [0.2, 0.25) is 11.1 Å². The van der Waals surface area contributed by atoms with Crippen LogP contribution in [0.15, 0.2) is 66.7 Å². The molecular weight excluding hydrogens is 730 g/mol. The van der Waals surface area contributed by atoms with E-state index in [1.54, 1.807) is 24.3 Å². The first-order valence-corrected chi connectivity index (χ1v) is 20.6. The highest BCUT2D eigenvalue weighted by molar-refractivity contribution is 6.53. The summed E-state index contributed by atoms with van der Waals surface area (Å²) in [6, 6.07) is 19.9. The van der Waals surface area contributed by atoms with E-state index < -0.39 is 32.0 Å². The molecule has 5 heterocycles. The summed E-state index contributed by atoms with van der Waals surface area (Å²) in [5.41, 5.74) is 3.20. The highest BCUT2D eigenvalue weighted by Crippen LogP contribution is 2.65. The number of nitrogens with one attached hydrogen (secondary N) is 2.